The van der Waals surface area contributed by atoms with Crippen LogP contribution in [0.4, 0.5) is 0 Å². The Hall–Kier alpha value is -2.87. The summed E-state index contributed by atoms with van der Waals surface area (Å²) in [6.07, 6.45) is 3.93. The number of nitrogens with zero attached hydrogens (tertiary/aromatic N) is 4. The van der Waals surface area contributed by atoms with E-state index in [1.165, 1.54) is 5.56 Å². The van der Waals surface area contributed by atoms with Crippen molar-refractivity contribution in [2.24, 2.45) is 0 Å². The number of imidazole rings is 1. The molecule has 0 aliphatic heterocycles. The van der Waals surface area contributed by atoms with Gasteiger partial charge in [-0.3, -0.25) is 0 Å². The zero-order valence-corrected chi connectivity index (χ0v) is 14.0. The van der Waals surface area contributed by atoms with Crippen LogP contribution in [0.25, 0.3) is 11.2 Å². The van der Waals surface area contributed by atoms with Crippen molar-refractivity contribution in [2.45, 2.75) is 32.7 Å². The van der Waals surface area contributed by atoms with Gasteiger partial charge in [-0.05, 0) is 42.7 Å². The minimum absolute atomic E-state index is 0.535. The van der Waals surface area contributed by atoms with Crippen molar-refractivity contribution >= 4 is 11.2 Å². The molecule has 2 aromatic heterocycles. The lowest BCUT2D eigenvalue weighted by Crippen LogP contribution is -2.05. The number of ether oxygens (including phenoxy) is 1. The molecule has 1 aromatic carbocycles. The van der Waals surface area contributed by atoms with Crippen molar-refractivity contribution in [1.82, 2.24) is 14.5 Å². The Kier molecular flexibility index (Phi) is 4.76. The average molecular weight is 320 g/mol. The molecule has 5 nitrogen and oxygen atoms in total. The van der Waals surface area contributed by atoms with Crippen LogP contribution in [-0.4, -0.2) is 21.6 Å². The van der Waals surface area contributed by atoms with Crippen LogP contribution in [0.1, 0.15) is 29.8 Å². The van der Waals surface area contributed by atoms with Crippen LogP contribution in [0, 0.1) is 18.3 Å². The number of nitriles is 1. The molecule has 0 fully saturated rings. The summed E-state index contributed by atoms with van der Waals surface area (Å²) in [4.78, 5) is 9.32. The number of hydrogen-bond acceptors (Lipinski definition) is 4. The van der Waals surface area contributed by atoms with Gasteiger partial charge in [0.2, 0.25) is 0 Å². The fourth-order valence-corrected chi connectivity index (χ4v) is 2.77. The molecule has 3 rings (SSSR count). The largest absolute Gasteiger partial charge is 0.497 e. The van der Waals surface area contributed by atoms with E-state index >= 15 is 0 Å². The van der Waals surface area contributed by atoms with Crippen LogP contribution in [0.15, 0.2) is 36.5 Å². The summed E-state index contributed by atoms with van der Waals surface area (Å²) in [5, 5.41) is 8.80. The van der Waals surface area contributed by atoms with Gasteiger partial charge in [0.15, 0.2) is 5.65 Å². The van der Waals surface area contributed by atoms with E-state index in [4.69, 9.17) is 15.0 Å². The van der Waals surface area contributed by atoms with Gasteiger partial charge in [-0.1, -0.05) is 12.1 Å². The molecule has 2 heterocycles. The van der Waals surface area contributed by atoms with E-state index in [1.807, 2.05) is 25.3 Å². The van der Waals surface area contributed by atoms with Crippen molar-refractivity contribution in [3.05, 3.63) is 53.5 Å². The highest BCUT2D eigenvalue weighted by molar-refractivity contribution is 5.72. The summed E-state index contributed by atoms with van der Waals surface area (Å²) in [6, 6.07) is 12.3. The first-order valence-electron chi connectivity index (χ1n) is 8.03. The summed E-state index contributed by atoms with van der Waals surface area (Å²) in [6.45, 7) is 2.77. The van der Waals surface area contributed by atoms with E-state index in [0.29, 0.717) is 6.42 Å². The first-order valence-corrected chi connectivity index (χ1v) is 8.03. The van der Waals surface area contributed by atoms with Crippen LogP contribution in [0.3, 0.4) is 0 Å². The van der Waals surface area contributed by atoms with Gasteiger partial charge in [-0.2, -0.15) is 5.26 Å². The Bertz CT molecular complexity index is 875. The maximum absolute atomic E-state index is 8.80. The lowest BCUT2D eigenvalue weighted by molar-refractivity contribution is 0.414. The fourth-order valence-electron chi connectivity index (χ4n) is 2.77. The third-order valence-electron chi connectivity index (χ3n) is 3.99. The second-order valence-electron chi connectivity index (χ2n) is 5.82. The maximum atomic E-state index is 8.80. The lowest BCUT2D eigenvalue weighted by Gasteiger charge is -2.08. The molecule has 3 aromatic rings. The SMILES string of the molecule is COc1ccc(Cc2nc3cc(C)cnc3n2CCCC#N)cc1. The molecule has 0 unspecified atom stereocenters. The molecular weight excluding hydrogens is 300 g/mol. The normalized spacial score (nSPS) is 10.7. The van der Waals surface area contributed by atoms with Gasteiger partial charge in [0.1, 0.15) is 17.1 Å². The predicted molar refractivity (Wildman–Crippen MR) is 92.9 cm³/mol. The number of pyridine rings is 1. The highest BCUT2D eigenvalue weighted by Crippen LogP contribution is 2.20. The average Bonchev–Trinajstić information content (AvgIpc) is 2.92. The number of methoxy groups -OCH3 is 1. The zero-order chi connectivity index (χ0) is 16.9. The van der Waals surface area contributed by atoms with E-state index in [2.05, 4.69) is 33.8 Å². The molecule has 0 aliphatic rings. The summed E-state index contributed by atoms with van der Waals surface area (Å²) < 4.78 is 7.34. The smallest absolute Gasteiger partial charge is 0.160 e. The maximum Gasteiger partial charge on any atom is 0.160 e. The van der Waals surface area contributed by atoms with E-state index in [-0.39, 0.29) is 0 Å². The third-order valence-corrected chi connectivity index (χ3v) is 3.99. The standard InChI is InChI=1S/C19H20N4O/c1-14-11-17-19(21-13-14)23(10-4-3-9-20)18(22-17)12-15-5-7-16(24-2)8-6-15/h5-8,11,13H,3-4,10,12H2,1-2H3. The third kappa shape index (κ3) is 3.38. The Morgan fingerprint density at radius 3 is 2.75 bits per heavy atom. The molecule has 0 bridgehead atoms. The van der Waals surface area contributed by atoms with Gasteiger partial charge in [0.05, 0.1) is 13.2 Å². The van der Waals surface area contributed by atoms with Crippen LogP contribution in [-0.2, 0) is 13.0 Å². The van der Waals surface area contributed by atoms with E-state index in [9.17, 15) is 0 Å². The molecule has 0 saturated heterocycles. The zero-order valence-electron chi connectivity index (χ0n) is 14.0. The van der Waals surface area contributed by atoms with E-state index in [0.717, 1.165) is 47.7 Å². The van der Waals surface area contributed by atoms with Gasteiger partial charge < -0.3 is 9.30 Å². The number of aryl methyl sites for hydroxylation is 2. The van der Waals surface area contributed by atoms with Crippen molar-refractivity contribution in [1.29, 1.82) is 5.26 Å². The van der Waals surface area contributed by atoms with Crippen LogP contribution in [0.2, 0.25) is 0 Å². The van der Waals surface area contributed by atoms with Gasteiger partial charge in [0, 0.05) is 25.6 Å². The summed E-state index contributed by atoms with van der Waals surface area (Å²) >= 11 is 0. The quantitative estimate of drug-likeness (QED) is 0.650. The Labute approximate surface area is 141 Å². The number of hydrogen-bond donors (Lipinski definition) is 0. The van der Waals surface area contributed by atoms with E-state index in [1.54, 1.807) is 7.11 Å². The van der Waals surface area contributed by atoms with Crippen molar-refractivity contribution in [3.63, 3.8) is 0 Å². The van der Waals surface area contributed by atoms with Gasteiger partial charge in [0.25, 0.3) is 0 Å². The minimum Gasteiger partial charge on any atom is -0.497 e. The molecule has 0 radical (unpaired) electrons. The first-order chi connectivity index (χ1) is 11.7. The Morgan fingerprint density at radius 1 is 1.25 bits per heavy atom. The fraction of sp³-hybridized carbons (Fsp3) is 0.316. The molecule has 0 atom stereocenters. The highest BCUT2D eigenvalue weighted by Gasteiger charge is 2.12. The first kappa shape index (κ1) is 16.0. The molecular formula is C19H20N4O. The lowest BCUT2D eigenvalue weighted by atomic mass is 10.1. The number of rotatable bonds is 6. The monoisotopic (exact) mass is 320 g/mol. The summed E-state index contributed by atoms with van der Waals surface area (Å²) in [5.74, 6) is 1.82. The molecule has 0 amide bonds. The molecule has 0 spiro atoms. The summed E-state index contributed by atoms with van der Waals surface area (Å²) in [5.41, 5.74) is 4.07. The van der Waals surface area contributed by atoms with Gasteiger partial charge >= 0.3 is 0 Å². The topological polar surface area (TPSA) is 63.7 Å². The van der Waals surface area contributed by atoms with Crippen LogP contribution >= 0.6 is 0 Å². The predicted octanol–water partition coefficient (Wildman–Crippen LogP) is 3.64. The Morgan fingerprint density at radius 2 is 2.04 bits per heavy atom. The van der Waals surface area contributed by atoms with Crippen molar-refractivity contribution < 1.29 is 4.74 Å². The van der Waals surface area contributed by atoms with Crippen molar-refractivity contribution in [3.8, 4) is 11.8 Å². The number of fused-ring (bicyclic) bond motifs is 1. The van der Waals surface area contributed by atoms with Crippen LogP contribution in [0.5, 0.6) is 5.75 Å². The molecule has 0 N–H and O–H groups in total. The molecule has 24 heavy (non-hydrogen) atoms. The molecule has 5 heteroatoms. The summed E-state index contributed by atoms with van der Waals surface area (Å²) in [7, 11) is 1.66. The van der Waals surface area contributed by atoms with Gasteiger partial charge in [-0.25, -0.2) is 9.97 Å². The molecule has 0 aliphatic carbocycles. The number of benzene rings is 1. The molecule has 122 valence electrons. The van der Waals surface area contributed by atoms with Crippen molar-refractivity contribution in [2.75, 3.05) is 7.11 Å². The van der Waals surface area contributed by atoms with Gasteiger partial charge in [-0.15, -0.1) is 0 Å². The number of aromatic nitrogens is 3. The Balaban J connectivity index is 1.94. The number of unbranched alkanes of at least 4 members (excludes halogenated alkanes) is 1. The minimum atomic E-state index is 0.535. The second-order valence-corrected chi connectivity index (χ2v) is 5.82. The second kappa shape index (κ2) is 7.14. The highest BCUT2D eigenvalue weighted by atomic mass is 16.5. The van der Waals surface area contributed by atoms with Crippen LogP contribution < -0.4 is 4.74 Å². The molecule has 0 saturated carbocycles. The van der Waals surface area contributed by atoms with E-state index < -0.39 is 0 Å².